The fraction of sp³-hybridized carbons (Fsp3) is 0.500. The van der Waals surface area contributed by atoms with Crippen LogP contribution in [0.25, 0.3) is 0 Å². The van der Waals surface area contributed by atoms with E-state index in [0.717, 1.165) is 35.7 Å². The summed E-state index contributed by atoms with van der Waals surface area (Å²) >= 11 is 6.19. The molecule has 0 spiro atoms. The van der Waals surface area contributed by atoms with Crippen molar-refractivity contribution < 1.29 is 9.47 Å². The zero-order chi connectivity index (χ0) is 14.1. The van der Waals surface area contributed by atoms with Gasteiger partial charge in [0.15, 0.2) is 0 Å². The summed E-state index contributed by atoms with van der Waals surface area (Å²) in [5.41, 5.74) is 0.935. The van der Waals surface area contributed by atoms with Crippen molar-refractivity contribution in [3.63, 3.8) is 0 Å². The largest absolute Gasteiger partial charge is 0.495 e. The first-order valence-corrected chi connectivity index (χ1v) is 7.42. The summed E-state index contributed by atoms with van der Waals surface area (Å²) in [5, 5.41) is 4.08. The van der Waals surface area contributed by atoms with E-state index >= 15 is 0 Å². The molecule has 1 saturated carbocycles. The van der Waals surface area contributed by atoms with Crippen molar-refractivity contribution in [2.24, 2.45) is 17.8 Å². The maximum atomic E-state index is 6.19. The summed E-state index contributed by atoms with van der Waals surface area (Å²) in [7, 11) is 3.27. The quantitative estimate of drug-likeness (QED) is 0.833. The number of nitrogens with one attached hydrogen (secondary N) is 1. The fourth-order valence-electron chi connectivity index (χ4n) is 3.37. The van der Waals surface area contributed by atoms with Crippen molar-refractivity contribution in [1.29, 1.82) is 0 Å². The van der Waals surface area contributed by atoms with Crippen molar-refractivity contribution >= 4 is 17.3 Å². The van der Waals surface area contributed by atoms with Gasteiger partial charge in [-0.1, -0.05) is 23.8 Å². The lowest BCUT2D eigenvalue weighted by atomic mass is 9.93. The second-order valence-corrected chi connectivity index (χ2v) is 6.02. The summed E-state index contributed by atoms with van der Waals surface area (Å²) in [6.45, 7) is 0.963. The Hall–Kier alpha value is -1.35. The SMILES string of the molecule is COc1cc(OC)c(NCC2CC3C=CC2C3)cc1Cl. The number of ether oxygens (including phenoxy) is 2. The standard InChI is InChI=1S/C16H20ClNO2/c1-19-15-8-16(20-2)14(7-13(15)17)18-9-12-6-10-3-4-11(12)5-10/h3-4,7-8,10-12,18H,5-6,9H2,1-2H3. The molecule has 1 N–H and O–H groups in total. The molecule has 1 aromatic carbocycles. The molecule has 1 aromatic rings. The zero-order valence-electron chi connectivity index (χ0n) is 11.9. The van der Waals surface area contributed by atoms with E-state index in [1.165, 1.54) is 12.8 Å². The van der Waals surface area contributed by atoms with Crippen LogP contribution in [0.5, 0.6) is 11.5 Å². The van der Waals surface area contributed by atoms with Crippen molar-refractivity contribution in [2.45, 2.75) is 12.8 Å². The Morgan fingerprint density at radius 1 is 1.15 bits per heavy atom. The number of methoxy groups -OCH3 is 2. The first-order chi connectivity index (χ1) is 9.71. The molecular formula is C16H20ClNO2. The van der Waals surface area contributed by atoms with Crippen LogP contribution in [0.1, 0.15) is 12.8 Å². The smallest absolute Gasteiger partial charge is 0.145 e. The van der Waals surface area contributed by atoms with Gasteiger partial charge in [-0.15, -0.1) is 0 Å². The third-order valence-electron chi connectivity index (χ3n) is 4.45. The van der Waals surface area contributed by atoms with Crippen LogP contribution in [-0.2, 0) is 0 Å². The summed E-state index contributed by atoms with van der Waals surface area (Å²) < 4.78 is 10.6. The van der Waals surface area contributed by atoms with Crippen LogP contribution in [-0.4, -0.2) is 20.8 Å². The lowest BCUT2D eigenvalue weighted by molar-refractivity contribution is 0.395. The zero-order valence-corrected chi connectivity index (χ0v) is 12.6. The van der Waals surface area contributed by atoms with E-state index in [1.54, 1.807) is 14.2 Å². The van der Waals surface area contributed by atoms with Gasteiger partial charge in [-0.2, -0.15) is 0 Å². The van der Waals surface area contributed by atoms with E-state index in [4.69, 9.17) is 21.1 Å². The molecule has 2 bridgehead atoms. The highest BCUT2D eigenvalue weighted by Crippen LogP contribution is 2.44. The highest BCUT2D eigenvalue weighted by atomic mass is 35.5. The molecular weight excluding hydrogens is 274 g/mol. The molecule has 2 aliphatic carbocycles. The van der Waals surface area contributed by atoms with Gasteiger partial charge in [0.2, 0.25) is 0 Å². The Labute approximate surface area is 124 Å². The summed E-state index contributed by atoms with van der Waals surface area (Å²) in [6, 6.07) is 3.70. The number of hydrogen-bond donors (Lipinski definition) is 1. The highest BCUT2D eigenvalue weighted by molar-refractivity contribution is 6.32. The predicted molar refractivity (Wildman–Crippen MR) is 81.9 cm³/mol. The number of benzene rings is 1. The highest BCUT2D eigenvalue weighted by Gasteiger charge is 2.35. The molecule has 20 heavy (non-hydrogen) atoms. The molecule has 0 heterocycles. The molecule has 3 rings (SSSR count). The topological polar surface area (TPSA) is 30.5 Å². The van der Waals surface area contributed by atoms with Crippen LogP contribution >= 0.6 is 11.6 Å². The third-order valence-corrected chi connectivity index (χ3v) is 4.74. The van der Waals surface area contributed by atoms with E-state index < -0.39 is 0 Å². The number of rotatable bonds is 5. The Kier molecular flexibility index (Phi) is 3.79. The van der Waals surface area contributed by atoms with E-state index in [9.17, 15) is 0 Å². The molecule has 108 valence electrons. The lowest BCUT2D eigenvalue weighted by Crippen LogP contribution is -2.18. The molecule has 3 nitrogen and oxygen atoms in total. The second-order valence-electron chi connectivity index (χ2n) is 5.61. The van der Waals surface area contributed by atoms with Crippen LogP contribution in [0, 0.1) is 17.8 Å². The van der Waals surface area contributed by atoms with Crippen molar-refractivity contribution in [3.8, 4) is 11.5 Å². The minimum atomic E-state index is 0.601. The molecule has 3 unspecified atom stereocenters. The Morgan fingerprint density at radius 2 is 1.95 bits per heavy atom. The number of allylic oxidation sites excluding steroid dienone is 2. The number of fused-ring (bicyclic) bond motifs is 2. The number of anilines is 1. The number of halogens is 1. The maximum absolute atomic E-state index is 6.19. The van der Waals surface area contributed by atoms with Gasteiger partial charge in [-0.05, 0) is 36.7 Å². The molecule has 3 atom stereocenters. The van der Waals surface area contributed by atoms with Crippen molar-refractivity contribution in [3.05, 3.63) is 29.3 Å². The van der Waals surface area contributed by atoms with Crippen LogP contribution in [0.4, 0.5) is 5.69 Å². The Morgan fingerprint density at radius 3 is 2.55 bits per heavy atom. The van der Waals surface area contributed by atoms with Gasteiger partial charge in [0, 0.05) is 12.6 Å². The van der Waals surface area contributed by atoms with Gasteiger partial charge in [-0.3, -0.25) is 0 Å². The molecule has 0 saturated heterocycles. The van der Waals surface area contributed by atoms with Gasteiger partial charge in [0.1, 0.15) is 11.5 Å². The van der Waals surface area contributed by atoms with Crippen LogP contribution in [0.3, 0.4) is 0 Å². The first-order valence-electron chi connectivity index (χ1n) is 7.05. The minimum absolute atomic E-state index is 0.601. The fourth-order valence-corrected chi connectivity index (χ4v) is 3.61. The lowest BCUT2D eigenvalue weighted by Gasteiger charge is -2.20. The van der Waals surface area contributed by atoms with Gasteiger partial charge in [0.25, 0.3) is 0 Å². The molecule has 1 fully saturated rings. The van der Waals surface area contributed by atoms with E-state index in [0.29, 0.717) is 10.8 Å². The van der Waals surface area contributed by atoms with Gasteiger partial charge in [0.05, 0.1) is 24.9 Å². The molecule has 0 aliphatic heterocycles. The van der Waals surface area contributed by atoms with Crippen LogP contribution in [0.15, 0.2) is 24.3 Å². The maximum Gasteiger partial charge on any atom is 0.145 e. The molecule has 2 aliphatic rings. The molecule has 0 radical (unpaired) electrons. The normalized spacial score (nSPS) is 26.9. The molecule has 0 aromatic heterocycles. The molecule has 0 amide bonds. The van der Waals surface area contributed by atoms with Crippen LogP contribution in [0.2, 0.25) is 5.02 Å². The number of hydrogen-bond acceptors (Lipinski definition) is 3. The van der Waals surface area contributed by atoms with Gasteiger partial charge in [-0.25, -0.2) is 0 Å². The Balaban J connectivity index is 1.70. The average Bonchev–Trinajstić information content (AvgIpc) is 3.07. The summed E-state index contributed by atoms with van der Waals surface area (Å²) in [5.74, 6) is 3.66. The average molecular weight is 294 g/mol. The van der Waals surface area contributed by atoms with Gasteiger partial charge < -0.3 is 14.8 Å². The van der Waals surface area contributed by atoms with E-state index in [1.807, 2.05) is 12.1 Å². The van der Waals surface area contributed by atoms with Crippen LogP contribution < -0.4 is 14.8 Å². The first kappa shape index (κ1) is 13.6. The molecule has 4 heteroatoms. The van der Waals surface area contributed by atoms with Crippen molar-refractivity contribution in [1.82, 2.24) is 0 Å². The van der Waals surface area contributed by atoms with E-state index in [2.05, 4.69) is 17.5 Å². The van der Waals surface area contributed by atoms with Crippen molar-refractivity contribution in [2.75, 3.05) is 26.1 Å². The Bertz CT molecular complexity index is 529. The summed E-state index contributed by atoms with van der Waals surface area (Å²) in [4.78, 5) is 0. The summed E-state index contributed by atoms with van der Waals surface area (Å²) in [6.07, 6.45) is 7.36. The van der Waals surface area contributed by atoms with Gasteiger partial charge >= 0.3 is 0 Å². The van der Waals surface area contributed by atoms with E-state index in [-0.39, 0.29) is 0 Å². The predicted octanol–water partition coefficient (Wildman–Crippen LogP) is 3.98. The minimum Gasteiger partial charge on any atom is -0.495 e. The monoisotopic (exact) mass is 293 g/mol. The second kappa shape index (κ2) is 5.57. The third kappa shape index (κ3) is 2.47.